The summed E-state index contributed by atoms with van der Waals surface area (Å²) in [6, 6.07) is 0. The fourth-order valence-corrected chi connectivity index (χ4v) is 1.88. The topological polar surface area (TPSA) is 61.4 Å². The van der Waals surface area contributed by atoms with E-state index in [9.17, 15) is 9.59 Å². The number of carbonyl (C=O) groups excluding carboxylic acids is 2. The van der Waals surface area contributed by atoms with Crippen LogP contribution in [0.5, 0.6) is 0 Å². The van der Waals surface area contributed by atoms with Crippen LogP contribution in [0.15, 0.2) is 0 Å². The zero-order valence-electron chi connectivity index (χ0n) is 10.5. The summed E-state index contributed by atoms with van der Waals surface area (Å²) in [7, 11) is 3.37. The van der Waals surface area contributed by atoms with Gasteiger partial charge in [-0.1, -0.05) is 0 Å². The van der Waals surface area contributed by atoms with Gasteiger partial charge in [-0.25, -0.2) is 0 Å². The second kappa shape index (κ2) is 8.31. The minimum atomic E-state index is -0.0265. The van der Waals surface area contributed by atoms with Gasteiger partial charge in [-0.05, 0) is 19.4 Å². The van der Waals surface area contributed by atoms with E-state index < -0.39 is 0 Å². The van der Waals surface area contributed by atoms with E-state index in [1.807, 2.05) is 0 Å². The number of nitrogens with zero attached hydrogens (tertiary/aromatic N) is 1. The Morgan fingerprint density at radius 1 is 1.47 bits per heavy atom. The minimum Gasteiger partial charge on any atom is -0.359 e. The Balaban J connectivity index is 0.00000256. The van der Waals surface area contributed by atoms with Crippen molar-refractivity contribution in [1.29, 1.82) is 0 Å². The molecule has 0 aliphatic carbocycles. The fraction of sp³-hybridized carbons (Fsp3) is 0.818. The largest absolute Gasteiger partial charge is 0.359 e. The summed E-state index contributed by atoms with van der Waals surface area (Å²) in [6.45, 7) is 2.27. The van der Waals surface area contributed by atoms with E-state index in [4.69, 9.17) is 0 Å². The zero-order chi connectivity index (χ0) is 12.0. The summed E-state index contributed by atoms with van der Waals surface area (Å²) in [5.41, 5.74) is 0. The van der Waals surface area contributed by atoms with Crippen LogP contribution in [0, 0.1) is 5.92 Å². The molecule has 0 radical (unpaired) electrons. The van der Waals surface area contributed by atoms with Crippen LogP contribution in [-0.4, -0.2) is 50.4 Å². The molecule has 0 aromatic rings. The average Bonchev–Trinajstić information content (AvgIpc) is 2.35. The molecule has 17 heavy (non-hydrogen) atoms. The van der Waals surface area contributed by atoms with Crippen LogP contribution in [0.4, 0.5) is 0 Å². The lowest BCUT2D eigenvalue weighted by Gasteiger charge is -2.26. The van der Waals surface area contributed by atoms with E-state index in [1.54, 1.807) is 19.0 Å². The predicted molar refractivity (Wildman–Crippen MR) is 69.2 cm³/mol. The second-order valence-corrected chi connectivity index (χ2v) is 4.23. The van der Waals surface area contributed by atoms with Crippen molar-refractivity contribution in [2.24, 2.45) is 5.92 Å². The van der Waals surface area contributed by atoms with Gasteiger partial charge in [0.25, 0.3) is 0 Å². The molecule has 1 aliphatic rings. The van der Waals surface area contributed by atoms with Crippen molar-refractivity contribution < 1.29 is 9.59 Å². The van der Waals surface area contributed by atoms with Crippen molar-refractivity contribution in [1.82, 2.24) is 15.5 Å². The maximum atomic E-state index is 12.0. The summed E-state index contributed by atoms with van der Waals surface area (Å²) >= 11 is 0. The van der Waals surface area contributed by atoms with Crippen molar-refractivity contribution in [3.8, 4) is 0 Å². The molecule has 1 aliphatic heterocycles. The molecule has 2 N–H and O–H groups in total. The fourth-order valence-electron chi connectivity index (χ4n) is 1.88. The van der Waals surface area contributed by atoms with Crippen LogP contribution in [0.3, 0.4) is 0 Å². The van der Waals surface area contributed by atoms with Crippen molar-refractivity contribution >= 4 is 24.2 Å². The van der Waals surface area contributed by atoms with Crippen molar-refractivity contribution in [2.75, 3.05) is 33.7 Å². The SMILES string of the molecule is CNC(=O)CCN(C)C(=O)[C@@H]1CCCNC1.Cl. The molecule has 0 unspecified atom stereocenters. The maximum Gasteiger partial charge on any atom is 0.226 e. The summed E-state index contributed by atoms with van der Waals surface area (Å²) in [5.74, 6) is 0.209. The zero-order valence-corrected chi connectivity index (χ0v) is 11.3. The van der Waals surface area contributed by atoms with E-state index in [0.717, 1.165) is 25.9 Å². The monoisotopic (exact) mass is 263 g/mol. The number of amides is 2. The Kier molecular flexibility index (Phi) is 7.91. The molecule has 1 fully saturated rings. The van der Waals surface area contributed by atoms with Gasteiger partial charge in [0.15, 0.2) is 0 Å². The molecule has 0 bridgehead atoms. The third-order valence-electron chi connectivity index (χ3n) is 2.98. The summed E-state index contributed by atoms with van der Waals surface area (Å²) in [5, 5.41) is 5.77. The first-order chi connectivity index (χ1) is 7.65. The summed E-state index contributed by atoms with van der Waals surface area (Å²) in [6.07, 6.45) is 2.38. The predicted octanol–water partition coefficient (Wildman–Crippen LogP) is 0.00230. The molecule has 1 heterocycles. The van der Waals surface area contributed by atoms with E-state index in [1.165, 1.54) is 0 Å². The molecule has 1 rings (SSSR count). The van der Waals surface area contributed by atoms with Gasteiger partial charge in [0.05, 0.1) is 5.92 Å². The number of rotatable bonds is 4. The Bertz CT molecular complexity index is 255. The Hall–Kier alpha value is -0.810. The van der Waals surface area contributed by atoms with Crippen LogP contribution in [0.2, 0.25) is 0 Å². The van der Waals surface area contributed by atoms with Crippen LogP contribution in [-0.2, 0) is 9.59 Å². The molecule has 0 spiro atoms. The Morgan fingerprint density at radius 2 is 2.18 bits per heavy atom. The maximum absolute atomic E-state index is 12.0. The summed E-state index contributed by atoms with van der Waals surface area (Å²) < 4.78 is 0. The molecule has 2 amide bonds. The molecule has 5 nitrogen and oxygen atoms in total. The van der Waals surface area contributed by atoms with E-state index in [0.29, 0.717) is 13.0 Å². The molecule has 0 aromatic heterocycles. The van der Waals surface area contributed by atoms with Gasteiger partial charge in [-0.3, -0.25) is 9.59 Å². The summed E-state index contributed by atoms with van der Waals surface area (Å²) in [4.78, 5) is 24.7. The Morgan fingerprint density at radius 3 is 2.71 bits per heavy atom. The van der Waals surface area contributed by atoms with Crippen molar-refractivity contribution in [3.05, 3.63) is 0 Å². The first kappa shape index (κ1) is 16.2. The highest BCUT2D eigenvalue weighted by molar-refractivity contribution is 5.85. The lowest BCUT2D eigenvalue weighted by Crippen LogP contribution is -2.42. The van der Waals surface area contributed by atoms with Gasteiger partial charge in [-0.15, -0.1) is 12.4 Å². The highest BCUT2D eigenvalue weighted by Gasteiger charge is 2.23. The van der Waals surface area contributed by atoms with Gasteiger partial charge in [-0.2, -0.15) is 0 Å². The lowest BCUT2D eigenvalue weighted by atomic mass is 9.98. The molecule has 0 aromatic carbocycles. The molecular weight excluding hydrogens is 242 g/mol. The molecule has 100 valence electrons. The second-order valence-electron chi connectivity index (χ2n) is 4.23. The van der Waals surface area contributed by atoms with Gasteiger partial charge >= 0.3 is 0 Å². The third kappa shape index (κ3) is 5.37. The van der Waals surface area contributed by atoms with Crippen molar-refractivity contribution in [2.45, 2.75) is 19.3 Å². The smallest absolute Gasteiger partial charge is 0.226 e. The van der Waals surface area contributed by atoms with Gasteiger partial charge < -0.3 is 15.5 Å². The van der Waals surface area contributed by atoms with Crippen molar-refractivity contribution in [3.63, 3.8) is 0 Å². The highest BCUT2D eigenvalue weighted by atomic mass is 35.5. The standard InChI is InChI=1S/C11H21N3O2.ClH/c1-12-10(15)5-7-14(2)11(16)9-4-3-6-13-8-9;/h9,13H,3-8H2,1-2H3,(H,12,15);1H/t9-;/m1./s1. The van der Waals surface area contributed by atoms with E-state index >= 15 is 0 Å². The average molecular weight is 264 g/mol. The highest BCUT2D eigenvalue weighted by Crippen LogP contribution is 2.12. The van der Waals surface area contributed by atoms with Gasteiger partial charge in [0.1, 0.15) is 0 Å². The molecule has 1 saturated heterocycles. The third-order valence-corrected chi connectivity index (χ3v) is 2.98. The van der Waals surface area contributed by atoms with Crippen LogP contribution in [0.1, 0.15) is 19.3 Å². The first-order valence-corrected chi connectivity index (χ1v) is 5.81. The molecule has 1 atom stereocenters. The molecule has 0 saturated carbocycles. The number of hydrogen-bond acceptors (Lipinski definition) is 3. The molecule has 6 heteroatoms. The number of hydrogen-bond donors (Lipinski definition) is 2. The number of piperidine rings is 1. The number of nitrogens with one attached hydrogen (secondary N) is 2. The minimum absolute atomic E-state index is 0. The number of carbonyl (C=O) groups is 2. The Labute approximate surface area is 109 Å². The lowest BCUT2D eigenvalue weighted by molar-refractivity contribution is -0.135. The van der Waals surface area contributed by atoms with Gasteiger partial charge in [0.2, 0.25) is 11.8 Å². The first-order valence-electron chi connectivity index (χ1n) is 5.81. The normalized spacial score (nSPS) is 19.1. The quantitative estimate of drug-likeness (QED) is 0.751. The van der Waals surface area contributed by atoms with E-state index in [2.05, 4.69) is 10.6 Å². The van der Waals surface area contributed by atoms with Crippen LogP contribution in [0.25, 0.3) is 0 Å². The van der Waals surface area contributed by atoms with Crippen LogP contribution < -0.4 is 10.6 Å². The van der Waals surface area contributed by atoms with E-state index in [-0.39, 0.29) is 30.1 Å². The van der Waals surface area contributed by atoms with Gasteiger partial charge in [0, 0.05) is 33.6 Å². The number of halogens is 1. The molecular formula is C11H22ClN3O2. The van der Waals surface area contributed by atoms with Crippen LogP contribution >= 0.6 is 12.4 Å².